The van der Waals surface area contributed by atoms with E-state index in [2.05, 4.69) is 31.2 Å². The molecule has 4 rings (SSSR count). The summed E-state index contributed by atoms with van der Waals surface area (Å²) < 4.78 is 0. The highest BCUT2D eigenvalue weighted by molar-refractivity contribution is 6.03. The highest BCUT2D eigenvalue weighted by atomic mass is 16.2. The Balaban J connectivity index is 1.63. The number of hydrogen-bond acceptors (Lipinski definition) is 3. The fraction of sp³-hybridized carbons (Fsp3) is 0.350. The van der Waals surface area contributed by atoms with Crippen molar-refractivity contribution in [2.75, 3.05) is 6.54 Å². The topological polar surface area (TPSA) is 61.2 Å². The van der Waals surface area contributed by atoms with E-state index in [4.69, 9.17) is 5.41 Å². The summed E-state index contributed by atoms with van der Waals surface area (Å²) in [6.45, 7) is 2.40. The van der Waals surface area contributed by atoms with E-state index in [1.54, 1.807) is 4.90 Å². The lowest BCUT2D eigenvalue weighted by Crippen LogP contribution is -2.38. The number of fused-ring (bicyclic) bond motifs is 1. The van der Waals surface area contributed by atoms with Crippen LogP contribution in [-0.4, -0.2) is 35.4 Å². The minimum absolute atomic E-state index is 0.0677. The van der Waals surface area contributed by atoms with E-state index in [-0.39, 0.29) is 18.4 Å². The number of nitrogens with one attached hydrogen (secondary N) is 1. The van der Waals surface area contributed by atoms with Crippen LogP contribution in [0.1, 0.15) is 24.0 Å². The first-order chi connectivity index (χ1) is 11.6. The van der Waals surface area contributed by atoms with Gasteiger partial charge in [0.1, 0.15) is 6.29 Å². The van der Waals surface area contributed by atoms with Gasteiger partial charge in [-0.1, -0.05) is 36.4 Å². The van der Waals surface area contributed by atoms with Gasteiger partial charge in [0.05, 0.1) is 12.6 Å². The molecule has 4 heteroatoms. The summed E-state index contributed by atoms with van der Waals surface area (Å²) in [4.78, 5) is 25.6. The molecule has 1 aromatic rings. The number of amides is 1. The average Bonchev–Trinajstić information content (AvgIpc) is 3.29. The molecule has 1 N–H and O–H groups in total. The van der Waals surface area contributed by atoms with Gasteiger partial charge in [0.25, 0.3) is 5.91 Å². The zero-order valence-electron chi connectivity index (χ0n) is 13.7. The first kappa shape index (κ1) is 15.1. The normalized spacial score (nSPS) is 28.1. The molecular formula is C20H20N2O2. The lowest BCUT2D eigenvalue weighted by atomic mass is 9.90. The van der Waals surface area contributed by atoms with Crippen molar-refractivity contribution in [3.8, 4) is 0 Å². The van der Waals surface area contributed by atoms with Crippen LogP contribution in [0.5, 0.6) is 0 Å². The zero-order chi connectivity index (χ0) is 16.8. The molecule has 24 heavy (non-hydrogen) atoms. The third kappa shape index (κ3) is 2.33. The molecule has 0 aromatic heterocycles. The molecule has 0 radical (unpaired) electrons. The average molecular weight is 320 g/mol. The van der Waals surface area contributed by atoms with Crippen LogP contribution in [0.25, 0.3) is 5.57 Å². The standard InChI is InChI=1S/C20H20N2O2/c1-12-4-2-3-5-15(12)16-6-7-17(19-9-18(16)19)20(24)22-10-13(21)8-14(22)11-23/h2-7,11,14,18-19,21H,8-10H2,1H3/t14-,18?,19?/m0/s1. The number of rotatable bonds is 3. The molecule has 1 saturated heterocycles. The number of nitrogens with zero attached hydrogens (tertiary/aromatic N) is 1. The molecule has 122 valence electrons. The third-order valence-corrected chi connectivity index (χ3v) is 5.37. The Kier molecular flexibility index (Phi) is 3.48. The van der Waals surface area contributed by atoms with Crippen molar-refractivity contribution in [2.45, 2.75) is 25.8 Å². The quantitative estimate of drug-likeness (QED) is 0.871. The molecule has 1 amide bonds. The minimum Gasteiger partial charge on any atom is -0.323 e. The largest absolute Gasteiger partial charge is 0.323 e. The summed E-state index contributed by atoms with van der Waals surface area (Å²) >= 11 is 0. The molecule has 2 aliphatic carbocycles. The van der Waals surface area contributed by atoms with Crippen LogP contribution in [0.3, 0.4) is 0 Å². The Labute approximate surface area is 141 Å². The van der Waals surface area contributed by atoms with Crippen LogP contribution in [0.2, 0.25) is 0 Å². The Hall–Kier alpha value is -2.49. The number of aryl methyl sites for hydroxylation is 1. The number of allylic oxidation sites excluding steroid dienone is 3. The highest BCUT2D eigenvalue weighted by Crippen LogP contribution is 2.55. The molecule has 0 spiro atoms. The SMILES string of the molecule is Cc1ccccc1C1=CC=C(C(=O)N2CC(=N)C[C@H]2C=O)C2CC12. The van der Waals surface area contributed by atoms with Crippen LogP contribution in [0.4, 0.5) is 0 Å². The van der Waals surface area contributed by atoms with Gasteiger partial charge in [0.2, 0.25) is 0 Å². The van der Waals surface area contributed by atoms with Gasteiger partial charge in [-0.25, -0.2) is 0 Å². The van der Waals surface area contributed by atoms with E-state index in [0.717, 1.165) is 18.3 Å². The van der Waals surface area contributed by atoms with Crippen molar-refractivity contribution in [1.29, 1.82) is 5.41 Å². The van der Waals surface area contributed by atoms with Crippen LogP contribution < -0.4 is 0 Å². The van der Waals surface area contributed by atoms with E-state index < -0.39 is 6.04 Å². The van der Waals surface area contributed by atoms with Crippen molar-refractivity contribution in [1.82, 2.24) is 4.90 Å². The number of carbonyl (C=O) groups is 2. The lowest BCUT2D eigenvalue weighted by molar-refractivity contribution is -0.131. The van der Waals surface area contributed by atoms with Gasteiger partial charge in [0.15, 0.2) is 0 Å². The Morgan fingerprint density at radius 3 is 2.79 bits per heavy atom. The van der Waals surface area contributed by atoms with Crippen molar-refractivity contribution in [3.05, 3.63) is 53.1 Å². The molecule has 0 bridgehead atoms. The Morgan fingerprint density at radius 2 is 2.04 bits per heavy atom. The number of likely N-dealkylation sites (tertiary alicyclic amines) is 1. The Bertz CT molecular complexity index is 806. The number of hydrogen-bond donors (Lipinski definition) is 1. The summed E-state index contributed by atoms with van der Waals surface area (Å²) in [5.74, 6) is 0.605. The second kappa shape index (κ2) is 5.55. The van der Waals surface area contributed by atoms with E-state index >= 15 is 0 Å². The van der Waals surface area contributed by atoms with Gasteiger partial charge in [0, 0.05) is 17.7 Å². The van der Waals surface area contributed by atoms with E-state index in [1.807, 2.05) is 12.1 Å². The van der Waals surface area contributed by atoms with Crippen molar-refractivity contribution >= 4 is 23.5 Å². The molecule has 1 aliphatic heterocycles. The highest BCUT2D eigenvalue weighted by Gasteiger charge is 2.48. The monoisotopic (exact) mass is 320 g/mol. The second-order valence-electron chi connectivity index (χ2n) is 6.95. The van der Waals surface area contributed by atoms with Gasteiger partial charge in [-0.3, -0.25) is 4.79 Å². The molecule has 3 aliphatic rings. The molecule has 1 aromatic carbocycles. The molecule has 1 saturated carbocycles. The van der Waals surface area contributed by atoms with Gasteiger partial charge >= 0.3 is 0 Å². The second-order valence-corrected chi connectivity index (χ2v) is 6.95. The van der Waals surface area contributed by atoms with Crippen molar-refractivity contribution < 1.29 is 9.59 Å². The zero-order valence-corrected chi connectivity index (χ0v) is 13.7. The molecule has 2 unspecified atom stereocenters. The van der Waals surface area contributed by atoms with E-state index in [1.165, 1.54) is 16.7 Å². The van der Waals surface area contributed by atoms with Gasteiger partial charge in [-0.2, -0.15) is 0 Å². The summed E-state index contributed by atoms with van der Waals surface area (Å²) in [5, 5.41) is 7.76. The van der Waals surface area contributed by atoms with Crippen LogP contribution in [-0.2, 0) is 9.59 Å². The number of benzene rings is 1. The maximum absolute atomic E-state index is 12.8. The van der Waals surface area contributed by atoms with Gasteiger partial charge in [-0.15, -0.1) is 0 Å². The van der Waals surface area contributed by atoms with Gasteiger partial charge in [-0.05, 0) is 41.9 Å². The third-order valence-electron chi connectivity index (χ3n) is 5.37. The lowest BCUT2D eigenvalue weighted by Gasteiger charge is -2.23. The van der Waals surface area contributed by atoms with Crippen LogP contribution >= 0.6 is 0 Å². The summed E-state index contributed by atoms with van der Waals surface area (Å²) in [7, 11) is 0. The first-order valence-corrected chi connectivity index (χ1v) is 8.40. The fourth-order valence-corrected chi connectivity index (χ4v) is 3.99. The Morgan fingerprint density at radius 1 is 1.25 bits per heavy atom. The molecule has 2 fully saturated rings. The van der Waals surface area contributed by atoms with Gasteiger partial charge < -0.3 is 15.1 Å². The van der Waals surface area contributed by atoms with Crippen LogP contribution in [0.15, 0.2) is 42.0 Å². The smallest absolute Gasteiger partial charge is 0.251 e. The van der Waals surface area contributed by atoms with Crippen LogP contribution in [0, 0.1) is 24.2 Å². The molecular weight excluding hydrogens is 300 g/mol. The summed E-state index contributed by atoms with van der Waals surface area (Å²) in [6.07, 6.45) is 6.17. The maximum atomic E-state index is 12.8. The van der Waals surface area contributed by atoms with E-state index in [9.17, 15) is 9.59 Å². The number of aldehydes is 1. The predicted octanol–water partition coefficient (Wildman–Crippen LogP) is 2.77. The summed E-state index contributed by atoms with van der Waals surface area (Å²) in [6, 6.07) is 7.88. The minimum atomic E-state index is -0.468. The molecule has 3 atom stereocenters. The van der Waals surface area contributed by atoms with E-state index in [0.29, 0.717) is 18.1 Å². The summed E-state index contributed by atoms with van der Waals surface area (Å²) in [5.41, 5.74) is 5.10. The first-order valence-electron chi connectivity index (χ1n) is 8.40. The number of carbonyl (C=O) groups excluding carboxylic acids is 2. The molecule has 4 nitrogen and oxygen atoms in total. The predicted molar refractivity (Wildman–Crippen MR) is 92.7 cm³/mol. The molecule has 1 heterocycles. The maximum Gasteiger partial charge on any atom is 0.251 e. The fourth-order valence-electron chi connectivity index (χ4n) is 3.99. The van der Waals surface area contributed by atoms with Crippen molar-refractivity contribution in [3.63, 3.8) is 0 Å². The van der Waals surface area contributed by atoms with Crippen molar-refractivity contribution in [2.24, 2.45) is 11.8 Å².